The Labute approximate surface area is 150 Å². The first-order chi connectivity index (χ1) is 12.0. The second-order valence-electron chi connectivity index (χ2n) is 8.34. The molecule has 0 aromatic heterocycles. The zero-order valence-electron chi connectivity index (χ0n) is 15.5. The van der Waals surface area contributed by atoms with Gasteiger partial charge < -0.3 is 15.3 Å². The summed E-state index contributed by atoms with van der Waals surface area (Å²) in [5.41, 5.74) is 0. The highest BCUT2D eigenvalue weighted by molar-refractivity contribution is 5.74. The molecule has 25 heavy (non-hydrogen) atoms. The smallest absolute Gasteiger partial charge is 0.317 e. The van der Waals surface area contributed by atoms with E-state index in [0.717, 1.165) is 56.5 Å². The van der Waals surface area contributed by atoms with Crippen molar-refractivity contribution in [2.24, 2.45) is 17.8 Å². The summed E-state index contributed by atoms with van der Waals surface area (Å²) < 4.78 is 0. The number of aliphatic carboxylic acids is 1. The quantitative estimate of drug-likeness (QED) is 0.771. The second kappa shape index (κ2) is 8.39. The van der Waals surface area contributed by atoms with Gasteiger partial charge in [0.1, 0.15) is 0 Å². The molecule has 3 fully saturated rings. The summed E-state index contributed by atoms with van der Waals surface area (Å²) in [6, 6.07) is 0.313. The van der Waals surface area contributed by atoms with Gasteiger partial charge in [-0.25, -0.2) is 4.79 Å². The van der Waals surface area contributed by atoms with Gasteiger partial charge >= 0.3 is 12.0 Å². The van der Waals surface area contributed by atoms with Crippen molar-refractivity contribution in [3.8, 4) is 0 Å². The van der Waals surface area contributed by atoms with E-state index in [1.807, 2.05) is 16.8 Å². The van der Waals surface area contributed by atoms with Gasteiger partial charge in [-0.15, -0.1) is 0 Å². The highest BCUT2D eigenvalue weighted by Crippen LogP contribution is 2.49. The molecular weight excluding hydrogens is 318 g/mol. The van der Waals surface area contributed by atoms with E-state index in [4.69, 9.17) is 5.11 Å². The van der Waals surface area contributed by atoms with E-state index in [2.05, 4.69) is 5.32 Å². The molecule has 2 N–H and O–H groups in total. The van der Waals surface area contributed by atoms with Crippen molar-refractivity contribution >= 4 is 12.0 Å². The first-order valence-corrected chi connectivity index (χ1v) is 9.97. The topological polar surface area (TPSA) is 72.9 Å². The van der Waals surface area contributed by atoms with Crippen LogP contribution in [-0.2, 0) is 4.79 Å². The third kappa shape index (κ3) is 4.87. The van der Waals surface area contributed by atoms with E-state index >= 15 is 0 Å². The van der Waals surface area contributed by atoms with Crippen molar-refractivity contribution in [2.75, 3.05) is 33.2 Å². The summed E-state index contributed by atoms with van der Waals surface area (Å²) in [7, 11) is 1.86. The van der Waals surface area contributed by atoms with E-state index < -0.39 is 5.97 Å². The third-order valence-corrected chi connectivity index (χ3v) is 6.67. The van der Waals surface area contributed by atoms with Gasteiger partial charge in [0.15, 0.2) is 0 Å². The Kier molecular flexibility index (Phi) is 6.20. The number of amides is 2. The van der Waals surface area contributed by atoms with Gasteiger partial charge in [-0.2, -0.15) is 0 Å². The van der Waals surface area contributed by atoms with Crippen LogP contribution in [-0.4, -0.2) is 66.2 Å². The Balaban J connectivity index is 1.37. The molecule has 2 bridgehead atoms. The average Bonchev–Trinajstić information content (AvgIpc) is 3.09. The van der Waals surface area contributed by atoms with Crippen LogP contribution in [0.1, 0.15) is 51.4 Å². The van der Waals surface area contributed by atoms with E-state index in [1.54, 1.807) is 0 Å². The molecule has 4 unspecified atom stereocenters. The molecule has 2 aliphatic carbocycles. The van der Waals surface area contributed by atoms with Crippen LogP contribution in [0.4, 0.5) is 4.79 Å². The lowest BCUT2D eigenvalue weighted by atomic mass is 9.86. The van der Waals surface area contributed by atoms with E-state index in [0.29, 0.717) is 6.54 Å². The standard InChI is InChI=1S/C19H33N3O3/c1-21(13-18(23)24)17-3-2-9-22(10-7-17)19(25)20-8-6-16-12-14-4-5-15(16)11-14/h14-17H,2-13H2,1H3,(H,20,25)(H,23,24). The van der Waals surface area contributed by atoms with Gasteiger partial charge in [0.25, 0.3) is 0 Å². The lowest BCUT2D eigenvalue weighted by Crippen LogP contribution is -2.42. The number of rotatable bonds is 6. The molecule has 6 heteroatoms. The number of likely N-dealkylation sites (tertiary alicyclic amines) is 1. The van der Waals surface area contributed by atoms with Gasteiger partial charge in [0.2, 0.25) is 0 Å². The van der Waals surface area contributed by atoms with Crippen molar-refractivity contribution in [3.63, 3.8) is 0 Å². The van der Waals surface area contributed by atoms with Gasteiger partial charge in [-0.05, 0) is 69.7 Å². The van der Waals surface area contributed by atoms with Gasteiger partial charge in [-0.3, -0.25) is 9.69 Å². The molecule has 1 saturated heterocycles. The summed E-state index contributed by atoms with van der Waals surface area (Å²) >= 11 is 0. The predicted molar refractivity (Wildman–Crippen MR) is 96.4 cm³/mol. The van der Waals surface area contributed by atoms with E-state index in [-0.39, 0.29) is 18.6 Å². The zero-order valence-corrected chi connectivity index (χ0v) is 15.5. The third-order valence-electron chi connectivity index (χ3n) is 6.67. The van der Waals surface area contributed by atoms with Crippen LogP contribution < -0.4 is 5.32 Å². The minimum Gasteiger partial charge on any atom is -0.480 e. The Morgan fingerprint density at radius 3 is 2.68 bits per heavy atom. The fourth-order valence-electron chi connectivity index (χ4n) is 5.27. The number of fused-ring (bicyclic) bond motifs is 2. The number of carbonyl (C=O) groups is 2. The van der Waals surface area contributed by atoms with Crippen molar-refractivity contribution in [3.05, 3.63) is 0 Å². The van der Waals surface area contributed by atoms with Crippen molar-refractivity contribution in [1.29, 1.82) is 0 Å². The van der Waals surface area contributed by atoms with Crippen LogP contribution in [0.15, 0.2) is 0 Å². The van der Waals surface area contributed by atoms with Gasteiger partial charge in [0.05, 0.1) is 6.54 Å². The number of carboxylic acid groups (broad SMARTS) is 1. The molecule has 1 aliphatic heterocycles. The Hall–Kier alpha value is -1.30. The van der Waals surface area contributed by atoms with Crippen LogP contribution in [0.25, 0.3) is 0 Å². The summed E-state index contributed by atoms with van der Waals surface area (Å²) in [5, 5.41) is 12.1. The SMILES string of the molecule is CN(CC(=O)O)C1CCCN(C(=O)NCCC2CC3CCC2C3)CC1. The molecule has 1 heterocycles. The largest absolute Gasteiger partial charge is 0.480 e. The molecule has 142 valence electrons. The highest BCUT2D eigenvalue weighted by atomic mass is 16.4. The maximum absolute atomic E-state index is 12.4. The summed E-state index contributed by atoms with van der Waals surface area (Å²) in [5.74, 6) is 1.93. The molecule has 2 amide bonds. The number of hydrogen-bond acceptors (Lipinski definition) is 3. The molecule has 3 rings (SSSR count). The molecule has 6 nitrogen and oxygen atoms in total. The van der Waals surface area contributed by atoms with Crippen LogP contribution in [0.5, 0.6) is 0 Å². The number of urea groups is 1. The molecule has 0 spiro atoms. The zero-order chi connectivity index (χ0) is 17.8. The number of hydrogen-bond donors (Lipinski definition) is 2. The maximum Gasteiger partial charge on any atom is 0.317 e. The predicted octanol–water partition coefficient (Wildman–Crippen LogP) is 2.39. The summed E-state index contributed by atoms with van der Waals surface area (Å²) in [6.45, 7) is 2.36. The molecular formula is C19H33N3O3. The van der Waals surface area contributed by atoms with Crippen LogP contribution >= 0.6 is 0 Å². The Morgan fingerprint density at radius 1 is 1.16 bits per heavy atom. The van der Waals surface area contributed by atoms with E-state index in [9.17, 15) is 9.59 Å². The Morgan fingerprint density at radius 2 is 2.00 bits per heavy atom. The first kappa shape index (κ1) is 18.5. The number of likely N-dealkylation sites (N-methyl/N-ethyl adjacent to an activating group) is 1. The maximum atomic E-state index is 12.4. The highest BCUT2D eigenvalue weighted by Gasteiger charge is 2.38. The van der Waals surface area contributed by atoms with Crippen molar-refractivity contribution < 1.29 is 14.7 Å². The number of nitrogens with one attached hydrogen (secondary N) is 1. The minimum atomic E-state index is -0.790. The monoisotopic (exact) mass is 351 g/mol. The fourth-order valence-corrected chi connectivity index (χ4v) is 5.27. The summed E-state index contributed by atoms with van der Waals surface area (Å²) in [4.78, 5) is 27.1. The number of carbonyl (C=O) groups excluding carboxylic acids is 1. The lowest BCUT2D eigenvalue weighted by molar-refractivity contribution is -0.138. The van der Waals surface area contributed by atoms with Crippen molar-refractivity contribution in [2.45, 2.75) is 57.4 Å². The molecule has 0 aromatic carbocycles. The van der Waals surface area contributed by atoms with Crippen LogP contribution in [0.3, 0.4) is 0 Å². The van der Waals surface area contributed by atoms with E-state index in [1.165, 1.54) is 25.7 Å². The molecule has 2 saturated carbocycles. The molecule has 0 radical (unpaired) electrons. The molecule has 0 aromatic rings. The van der Waals surface area contributed by atoms with Gasteiger partial charge in [0, 0.05) is 25.7 Å². The fraction of sp³-hybridized carbons (Fsp3) is 0.895. The molecule has 4 atom stereocenters. The van der Waals surface area contributed by atoms with Gasteiger partial charge in [-0.1, -0.05) is 6.42 Å². The summed E-state index contributed by atoms with van der Waals surface area (Å²) in [6.07, 6.45) is 9.51. The Bertz CT molecular complexity index is 485. The minimum absolute atomic E-state index is 0.0599. The van der Waals surface area contributed by atoms with Crippen molar-refractivity contribution in [1.82, 2.24) is 15.1 Å². The first-order valence-electron chi connectivity index (χ1n) is 9.97. The average molecular weight is 351 g/mol. The second-order valence-corrected chi connectivity index (χ2v) is 8.34. The van der Waals surface area contributed by atoms with Crippen LogP contribution in [0.2, 0.25) is 0 Å². The molecule has 3 aliphatic rings. The normalized spacial score (nSPS) is 32.0. The lowest BCUT2D eigenvalue weighted by Gasteiger charge is -2.26. The number of carboxylic acids is 1. The number of nitrogens with zero attached hydrogens (tertiary/aromatic N) is 2. The van der Waals surface area contributed by atoms with Crippen LogP contribution in [0, 0.1) is 17.8 Å².